The minimum atomic E-state index is -0.812. The van der Waals surface area contributed by atoms with E-state index in [4.69, 9.17) is 10.5 Å². The molecule has 1 heterocycles. The molecule has 0 aliphatic carbocycles. The molecule has 0 saturated heterocycles. The van der Waals surface area contributed by atoms with Gasteiger partial charge in [0, 0.05) is 13.1 Å². The first-order valence-electron chi connectivity index (χ1n) is 7.23. The number of carbonyl (C=O) groups excluding carboxylic acids is 1. The first-order valence-corrected chi connectivity index (χ1v) is 7.23. The van der Waals surface area contributed by atoms with Crippen molar-refractivity contribution in [3.05, 3.63) is 23.8 Å². The molecule has 1 atom stereocenters. The molecule has 0 spiro atoms. The van der Waals surface area contributed by atoms with Crippen molar-refractivity contribution in [2.24, 2.45) is 5.73 Å². The third kappa shape index (κ3) is 2.66. The average molecular weight is 276 g/mol. The Balaban J connectivity index is 2.30. The number of rotatable bonds is 4. The highest BCUT2D eigenvalue weighted by atomic mass is 16.5. The number of nitrogens with two attached hydrogens (primary N) is 1. The molecule has 1 aliphatic rings. The molecule has 0 saturated carbocycles. The summed E-state index contributed by atoms with van der Waals surface area (Å²) in [6, 6.07) is 5.90. The van der Waals surface area contributed by atoms with E-state index in [0.717, 1.165) is 36.3 Å². The second-order valence-corrected chi connectivity index (χ2v) is 5.95. The summed E-state index contributed by atoms with van der Waals surface area (Å²) in [5, 5.41) is 0. The van der Waals surface area contributed by atoms with Crippen molar-refractivity contribution >= 4 is 11.6 Å². The quantitative estimate of drug-likeness (QED) is 0.919. The lowest BCUT2D eigenvalue weighted by Crippen LogP contribution is -2.50. The van der Waals surface area contributed by atoms with Crippen LogP contribution in [0.3, 0.4) is 0 Å². The average Bonchev–Trinajstić information content (AvgIpc) is 2.42. The van der Waals surface area contributed by atoms with Gasteiger partial charge in [-0.3, -0.25) is 4.79 Å². The summed E-state index contributed by atoms with van der Waals surface area (Å²) < 4.78 is 5.79. The van der Waals surface area contributed by atoms with Gasteiger partial charge in [-0.1, -0.05) is 25.8 Å². The normalized spacial score (nSPS) is 18.4. The number of ether oxygens (including phenoxy) is 1. The van der Waals surface area contributed by atoms with Crippen LogP contribution in [0.25, 0.3) is 0 Å². The van der Waals surface area contributed by atoms with Gasteiger partial charge in [0.2, 0.25) is 0 Å². The van der Waals surface area contributed by atoms with Gasteiger partial charge in [0.1, 0.15) is 5.75 Å². The molecule has 1 amide bonds. The van der Waals surface area contributed by atoms with Crippen LogP contribution in [-0.2, 0) is 4.79 Å². The van der Waals surface area contributed by atoms with E-state index in [2.05, 4.69) is 6.92 Å². The van der Waals surface area contributed by atoms with Crippen molar-refractivity contribution in [2.45, 2.75) is 51.7 Å². The van der Waals surface area contributed by atoms with Crippen LogP contribution in [0.4, 0.5) is 5.69 Å². The Morgan fingerprint density at radius 1 is 1.40 bits per heavy atom. The SMILES string of the molecule is CCCCC(N)c1ccc2c(c1)N(C)C(=O)C(C)(C)O2. The number of nitrogens with zero attached hydrogens (tertiary/aromatic N) is 1. The van der Waals surface area contributed by atoms with Crippen LogP contribution in [0, 0.1) is 0 Å². The van der Waals surface area contributed by atoms with Gasteiger partial charge in [-0.05, 0) is 38.0 Å². The maximum atomic E-state index is 12.2. The lowest BCUT2D eigenvalue weighted by molar-refractivity contribution is -0.132. The minimum Gasteiger partial charge on any atom is -0.476 e. The largest absolute Gasteiger partial charge is 0.476 e. The number of likely N-dealkylation sites (N-methyl/N-ethyl adjacent to an activating group) is 1. The second-order valence-electron chi connectivity index (χ2n) is 5.95. The Hall–Kier alpha value is -1.55. The molecule has 0 fully saturated rings. The number of amides is 1. The van der Waals surface area contributed by atoms with Crippen LogP contribution in [0.5, 0.6) is 5.75 Å². The standard InChI is InChI=1S/C16H24N2O2/c1-5-6-7-12(17)11-8-9-14-13(10-11)18(4)15(19)16(2,3)20-14/h8-10,12H,5-7,17H2,1-4H3. The molecule has 1 unspecified atom stereocenters. The lowest BCUT2D eigenvalue weighted by Gasteiger charge is -2.37. The highest BCUT2D eigenvalue weighted by Gasteiger charge is 2.39. The molecule has 1 aliphatic heterocycles. The van der Waals surface area contributed by atoms with Crippen LogP contribution in [0.15, 0.2) is 18.2 Å². The summed E-state index contributed by atoms with van der Waals surface area (Å²) in [4.78, 5) is 13.9. The van der Waals surface area contributed by atoms with E-state index >= 15 is 0 Å². The zero-order valence-electron chi connectivity index (χ0n) is 12.8. The number of fused-ring (bicyclic) bond motifs is 1. The van der Waals surface area contributed by atoms with Crippen molar-refractivity contribution in [2.75, 3.05) is 11.9 Å². The monoisotopic (exact) mass is 276 g/mol. The highest BCUT2D eigenvalue weighted by Crippen LogP contribution is 2.38. The fraction of sp³-hybridized carbons (Fsp3) is 0.562. The molecule has 4 nitrogen and oxygen atoms in total. The van der Waals surface area contributed by atoms with Crippen molar-refractivity contribution in [3.8, 4) is 5.75 Å². The van der Waals surface area contributed by atoms with Gasteiger partial charge < -0.3 is 15.4 Å². The first-order chi connectivity index (χ1) is 9.36. The molecule has 0 aromatic heterocycles. The summed E-state index contributed by atoms with van der Waals surface area (Å²) in [5.74, 6) is 0.702. The summed E-state index contributed by atoms with van der Waals surface area (Å²) in [5.41, 5.74) is 7.25. The van der Waals surface area contributed by atoms with Gasteiger partial charge in [-0.15, -0.1) is 0 Å². The van der Waals surface area contributed by atoms with E-state index in [9.17, 15) is 4.79 Å². The zero-order chi connectivity index (χ0) is 14.9. The molecule has 2 N–H and O–H groups in total. The van der Waals surface area contributed by atoms with Gasteiger partial charge in [-0.25, -0.2) is 0 Å². The Labute approximate surface area is 120 Å². The predicted molar refractivity (Wildman–Crippen MR) is 81.0 cm³/mol. The maximum absolute atomic E-state index is 12.2. The number of hydrogen-bond acceptors (Lipinski definition) is 3. The van der Waals surface area contributed by atoms with Gasteiger partial charge in [0.25, 0.3) is 5.91 Å². The minimum absolute atomic E-state index is 0.0127. The summed E-state index contributed by atoms with van der Waals surface area (Å²) in [6.07, 6.45) is 3.20. The van der Waals surface area contributed by atoms with Gasteiger partial charge in [0.15, 0.2) is 5.60 Å². The number of carbonyl (C=O) groups is 1. The van der Waals surface area contributed by atoms with Gasteiger partial charge in [0.05, 0.1) is 5.69 Å². The van der Waals surface area contributed by atoms with Crippen LogP contribution in [0.2, 0.25) is 0 Å². The summed E-state index contributed by atoms with van der Waals surface area (Å²) in [7, 11) is 1.78. The molecule has 20 heavy (non-hydrogen) atoms. The fourth-order valence-electron chi connectivity index (χ4n) is 2.54. The molecular weight excluding hydrogens is 252 g/mol. The molecular formula is C16H24N2O2. The van der Waals surface area contributed by atoms with Gasteiger partial charge >= 0.3 is 0 Å². The van der Waals surface area contributed by atoms with Gasteiger partial charge in [-0.2, -0.15) is 0 Å². The maximum Gasteiger partial charge on any atom is 0.270 e. The highest BCUT2D eigenvalue weighted by molar-refractivity contribution is 6.01. The zero-order valence-corrected chi connectivity index (χ0v) is 12.8. The Morgan fingerprint density at radius 3 is 2.75 bits per heavy atom. The summed E-state index contributed by atoms with van der Waals surface area (Å²) in [6.45, 7) is 5.73. The molecule has 110 valence electrons. The Bertz CT molecular complexity index is 511. The topological polar surface area (TPSA) is 55.6 Å². The first kappa shape index (κ1) is 14.9. The number of benzene rings is 1. The number of hydrogen-bond donors (Lipinski definition) is 1. The lowest BCUT2D eigenvalue weighted by atomic mass is 9.99. The van der Waals surface area contributed by atoms with E-state index in [1.807, 2.05) is 18.2 Å². The van der Waals surface area contributed by atoms with Crippen molar-refractivity contribution in [1.29, 1.82) is 0 Å². The van der Waals surface area contributed by atoms with Crippen LogP contribution in [0.1, 0.15) is 51.6 Å². The van der Waals surface area contributed by atoms with E-state index < -0.39 is 5.60 Å². The molecule has 1 aromatic carbocycles. The molecule has 0 radical (unpaired) electrons. The third-order valence-electron chi connectivity index (χ3n) is 3.83. The number of unbranched alkanes of at least 4 members (excludes halogenated alkanes) is 1. The van der Waals surface area contributed by atoms with Crippen LogP contribution < -0.4 is 15.4 Å². The molecule has 0 bridgehead atoms. The molecule has 2 rings (SSSR count). The Kier molecular flexibility index (Phi) is 4.04. The third-order valence-corrected chi connectivity index (χ3v) is 3.83. The van der Waals surface area contributed by atoms with Crippen molar-refractivity contribution in [3.63, 3.8) is 0 Å². The smallest absolute Gasteiger partial charge is 0.270 e. The van der Waals surface area contributed by atoms with E-state index in [1.54, 1.807) is 25.8 Å². The van der Waals surface area contributed by atoms with E-state index in [0.29, 0.717) is 0 Å². The fourth-order valence-corrected chi connectivity index (χ4v) is 2.54. The van der Waals surface area contributed by atoms with Crippen LogP contribution in [-0.4, -0.2) is 18.6 Å². The van der Waals surface area contributed by atoms with Crippen molar-refractivity contribution < 1.29 is 9.53 Å². The molecule has 4 heteroatoms. The number of anilines is 1. The van der Waals surface area contributed by atoms with Crippen LogP contribution >= 0.6 is 0 Å². The predicted octanol–water partition coefficient (Wildman–Crippen LogP) is 3.01. The Morgan fingerprint density at radius 2 is 2.10 bits per heavy atom. The second kappa shape index (κ2) is 5.44. The van der Waals surface area contributed by atoms with E-state index in [1.165, 1.54) is 0 Å². The summed E-state index contributed by atoms with van der Waals surface area (Å²) >= 11 is 0. The van der Waals surface area contributed by atoms with Crippen molar-refractivity contribution in [1.82, 2.24) is 0 Å². The van der Waals surface area contributed by atoms with E-state index in [-0.39, 0.29) is 11.9 Å². The molecule has 1 aromatic rings.